The Morgan fingerprint density at radius 2 is 1.87 bits per heavy atom. The number of rotatable bonds is 14. The molecule has 4 rings (SSSR count). The minimum Gasteiger partial charge on any atom is -0.508 e. The van der Waals surface area contributed by atoms with E-state index in [4.69, 9.17) is 4.74 Å². The second-order valence-corrected chi connectivity index (χ2v) is 12.9. The predicted octanol–water partition coefficient (Wildman–Crippen LogP) is 6.84. The average molecular weight is 528 g/mol. The highest BCUT2D eigenvalue weighted by atomic mass is 16.5. The highest BCUT2D eigenvalue weighted by molar-refractivity contribution is 5.75. The van der Waals surface area contributed by atoms with E-state index in [2.05, 4.69) is 19.9 Å². The van der Waals surface area contributed by atoms with Gasteiger partial charge >= 0.3 is 0 Å². The Bertz CT molecular complexity index is 903. The number of phenolic OH excluding ortho intramolecular Hbond substituents is 1. The van der Waals surface area contributed by atoms with Crippen LogP contribution in [0.2, 0.25) is 0 Å². The molecule has 0 heterocycles. The first kappa shape index (κ1) is 29.4. The number of benzene rings is 1. The maximum atomic E-state index is 12.1. The second kappa shape index (κ2) is 13.7. The number of hydrogen-bond donors (Lipinski definition) is 2. The largest absolute Gasteiger partial charge is 0.508 e. The van der Waals surface area contributed by atoms with E-state index in [9.17, 15) is 15.0 Å². The molecule has 1 aromatic rings. The van der Waals surface area contributed by atoms with Gasteiger partial charge in [-0.25, -0.2) is 0 Å². The molecule has 2 fully saturated rings. The summed E-state index contributed by atoms with van der Waals surface area (Å²) in [5, 5.41) is 21.0. The molecule has 2 saturated carbocycles. The van der Waals surface area contributed by atoms with Gasteiger partial charge in [-0.3, -0.25) is 4.79 Å². The molecule has 6 atom stereocenters. The van der Waals surface area contributed by atoms with Crippen molar-refractivity contribution in [1.29, 1.82) is 0 Å². The van der Waals surface area contributed by atoms with Gasteiger partial charge in [0.05, 0.1) is 6.10 Å². The quantitative estimate of drug-likeness (QED) is 0.260. The maximum absolute atomic E-state index is 12.1. The van der Waals surface area contributed by atoms with Crippen LogP contribution in [0.15, 0.2) is 18.2 Å². The highest BCUT2D eigenvalue weighted by Crippen LogP contribution is 2.62. The highest BCUT2D eigenvalue weighted by Gasteiger charge is 2.56. The van der Waals surface area contributed by atoms with E-state index in [1.165, 1.54) is 24.0 Å². The van der Waals surface area contributed by atoms with Gasteiger partial charge in [0, 0.05) is 33.2 Å². The van der Waals surface area contributed by atoms with Crippen molar-refractivity contribution in [3.63, 3.8) is 0 Å². The van der Waals surface area contributed by atoms with E-state index in [-0.39, 0.29) is 17.4 Å². The van der Waals surface area contributed by atoms with E-state index in [1.54, 1.807) is 0 Å². The Morgan fingerprint density at radius 3 is 2.66 bits per heavy atom. The molecule has 2 N–H and O–H groups in total. The molecular formula is C33H53NO4. The third-order valence-electron chi connectivity index (χ3n) is 10.4. The number of phenols is 1. The van der Waals surface area contributed by atoms with Crippen molar-refractivity contribution in [1.82, 2.24) is 4.90 Å². The fraction of sp³-hybridized carbons (Fsp3) is 0.788. The second-order valence-electron chi connectivity index (χ2n) is 12.9. The van der Waals surface area contributed by atoms with Crippen molar-refractivity contribution in [2.45, 2.75) is 116 Å². The molecule has 0 aromatic heterocycles. The van der Waals surface area contributed by atoms with Crippen LogP contribution >= 0.6 is 0 Å². The lowest BCUT2D eigenvalue weighted by atomic mass is 9.52. The summed E-state index contributed by atoms with van der Waals surface area (Å²) in [5.74, 6) is 3.11. The average Bonchev–Trinajstić information content (AvgIpc) is 3.21. The third kappa shape index (κ3) is 6.75. The number of carbonyl (C=O) groups is 1. The van der Waals surface area contributed by atoms with Crippen LogP contribution in [-0.4, -0.2) is 53.9 Å². The summed E-state index contributed by atoms with van der Waals surface area (Å²) >= 11 is 0. The van der Waals surface area contributed by atoms with Gasteiger partial charge in [0.1, 0.15) is 5.75 Å². The van der Waals surface area contributed by atoms with Gasteiger partial charge in [-0.15, -0.1) is 0 Å². The van der Waals surface area contributed by atoms with Crippen LogP contribution in [0.3, 0.4) is 0 Å². The van der Waals surface area contributed by atoms with Crippen molar-refractivity contribution >= 4 is 5.91 Å². The van der Waals surface area contributed by atoms with Gasteiger partial charge in [0.15, 0.2) is 0 Å². The molecule has 5 nitrogen and oxygen atoms in total. The summed E-state index contributed by atoms with van der Waals surface area (Å²) in [6, 6.07) is 6.06. The lowest BCUT2D eigenvalue weighted by Crippen LogP contribution is -2.47. The standard InChI is InChI=1S/C33H53NO4/c1-4-5-19-34(3)31(37)12-7-6-9-20-38-21-10-8-11-24-22-25-23-26(35)13-14-27(25)28-17-18-33(2)29(32(24)28)15-16-30(33)36/h13-14,23-24,28-30,32,35-36H,4-12,15-22H2,1-3H3/t24-,28-,29+,30+,32-,33+/m1/s1. The molecule has 0 radical (unpaired) electrons. The molecule has 0 bridgehead atoms. The Labute approximate surface area is 231 Å². The first-order valence-corrected chi connectivity index (χ1v) is 15.7. The Hall–Kier alpha value is -1.59. The molecular weight excluding hydrogens is 474 g/mol. The summed E-state index contributed by atoms with van der Waals surface area (Å²) in [6.07, 6.45) is 14.7. The molecule has 3 aliphatic carbocycles. The molecule has 0 spiro atoms. The van der Waals surface area contributed by atoms with Crippen LogP contribution < -0.4 is 0 Å². The molecule has 0 saturated heterocycles. The monoisotopic (exact) mass is 527 g/mol. The minimum absolute atomic E-state index is 0.0759. The van der Waals surface area contributed by atoms with Crippen LogP contribution in [-0.2, 0) is 16.0 Å². The topological polar surface area (TPSA) is 70.0 Å². The fourth-order valence-corrected chi connectivity index (χ4v) is 8.11. The zero-order chi connectivity index (χ0) is 27.1. The van der Waals surface area contributed by atoms with E-state index >= 15 is 0 Å². The number of hydrogen-bond acceptors (Lipinski definition) is 4. The van der Waals surface area contributed by atoms with E-state index < -0.39 is 0 Å². The number of aliphatic hydroxyl groups is 1. The number of nitrogens with zero attached hydrogens (tertiary/aromatic N) is 1. The van der Waals surface area contributed by atoms with Gasteiger partial charge in [-0.1, -0.05) is 39.2 Å². The SMILES string of the molecule is CCCCN(C)C(=O)CCCCCOCCCC[C@@H]1Cc2cc(O)ccc2[C@H]2CC[C@]3(C)[C@@H](O)CC[C@H]3[C@H]12. The van der Waals surface area contributed by atoms with Crippen molar-refractivity contribution in [3.8, 4) is 5.75 Å². The number of unbranched alkanes of at least 4 members (excludes halogenated alkanes) is 4. The molecule has 214 valence electrons. The van der Waals surface area contributed by atoms with Crippen molar-refractivity contribution in [2.24, 2.45) is 23.2 Å². The van der Waals surface area contributed by atoms with Crippen molar-refractivity contribution in [2.75, 3.05) is 26.8 Å². The third-order valence-corrected chi connectivity index (χ3v) is 10.4. The van der Waals surface area contributed by atoms with Gasteiger partial charge in [0.2, 0.25) is 5.91 Å². The molecule has 1 aromatic carbocycles. The molecule has 0 unspecified atom stereocenters. The summed E-state index contributed by atoms with van der Waals surface area (Å²) in [6.45, 7) is 6.99. The minimum atomic E-state index is -0.149. The Morgan fingerprint density at radius 1 is 1.08 bits per heavy atom. The van der Waals surface area contributed by atoms with Crippen molar-refractivity contribution < 1.29 is 19.7 Å². The van der Waals surface area contributed by atoms with Crippen LogP contribution in [0.5, 0.6) is 5.75 Å². The summed E-state index contributed by atoms with van der Waals surface area (Å²) < 4.78 is 5.95. The van der Waals surface area contributed by atoms with E-state index in [0.717, 1.165) is 90.4 Å². The van der Waals surface area contributed by atoms with E-state index in [0.29, 0.717) is 35.8 Å². The first-order valence-electron chi connectivity index (χ1n) is 15.7. The molecule has 3 aliphatic rings. The van der Waals surface area contributed by atoms with Crippen LogP contribution in [0.25, 0.3) is 0 Å². The lowest BCUT2D eigenvalue weighted by Gasteiger charge is -2.53. The fourth-order valence-electron chi connectivity index (χ4n) is 8.11. The maximum Gasteiger partial charge on any atom is 0.222 e. The zero-order valence-electron chi connectivity index (χ0n) is 24.3. The molecule has 0 aliphatic heterocycles. The number of aliphatic hydroxyl groups excluding tert-OH is 1. The normalized spacial score (nSPS) is 29.9. The number of amides is 1. The van der Waals surface area contributed by atoms with Crippen LogP contribution in [0.1, 0.15) is 114 Å². The van der Waals surface area contributed by atoms with Gasteiger partial charge in [-0.05, 0) is 117 Å². The number of aromatic hydroxyl groups is 1. The van der Waals surface area contributed by atoms with Gasteiger partial charge in [-0.2, -0.15) is 0 Å². The van der Waals surface area contributed by atoms with Crippen molar-refractivity contribution in [3.05, 3.63) is 29.3 Å². The number of ether oxygens (including phenoxy) is 1. The summed E-state index contributed by atoms with van der Waals surface area (Å²) in [7, 11) is 1.92. The summed E-state index contributed by atoms with van der Waals surface area (Å²) in [4.78, 5) is 14.0. The lowest BCUT2D eigenvalue weighted by molar-refractivity contribution is -0.130. The predicted molar refractivity (Wildman–Crippen MR) is 153 cm³/mol. The Kier molecular flexibility index (Phi) is 10.6. The smallest absolute Gasteiger partial charge is 0.222 e. The molecule has 38 heavy (non-hydrogen) atoms. The Balaban J connectivity index is 1.19. The summed E-state index contributed by atoms with van der Waals surface area (Å²) in [5.41, 5.74) is 2.89. The van der Waals surface area contributed by atoms with Crippen LogP contribution in [0, 0.1) is 23.2 Å². The molecule has 5 heteroatoms. The van der Waals surface area contributed by atoms with Gasteiger partial charge in [0.25, 0.3) is 0 Å². The first-order chi connectivity index (χ1) is 18.3. The van der Waals surface area contributed by atoms with Gasteiger partial charge < -0.3 is 19.8 Å². The van der Waals surface area contributed by atoms with E-state index in [1.807, 2.05) is 24.1 Å². The number of carbonyl (C=O) groups excluding carboxylic acids is 1. The van der Waals surface area contributed by atoms with Crippen LogP contribution in [0.4, 0.5) is 0 Å². The molecule has 1 amide bonds. The number of fused-ring (bicyclic) bond motifs is 5. The zero-order valence-corrected chi connectivity index (χ0v) is 24.3.